The molecule has 1 fully saturated rings. The maximum Gasteiger partial charge on any atom is 0.409 e. The number of hydrogen-bond acceptors (Lipinski definition) is 6. The zero-order valence-corrected chi connectivity index (χ0v) is 17.8. The number of hydrogen-bond donors (Lipinski definition) is 2. The summed E-state index contributed by atoms with van der Waals surface area (Å²) in [6, 6.07) is 7.12. The maximum absolute atomic E-state index is 13.2. The van der Waals surface area contributed by atoms with Crippen LogP contribution in [-0.2, 0) is 4.74 Å². The number of aromatic amines is 1. The van der Waals surface area contributed by atoms with Crippen LogP contribution in [0.25, 0.3) is 10.9 Å². The van der Waals surface area contributed by atoms with Gasteiger partial charge in [0.2, 0.25) is 0 Å². The normalized spacial score (nSPS) is 19.3. The maximum atomic E-state index is 13.2. The van der Waals surface area contributed by atoms with Crippen molar-refractivity contribution in [3.05, 3.63) is 54.0 Å². The highest BCUT2D eigenvalue weighted by molar-refractivity contribution is 6.05. The number of pyridine rings is 1. The topological polar surface area (TPSA) is 109 Å². The molecule has 2 amide bonds. The number of fused-ring (bicyclic) bond motifs is 2. The molecule has 2 N–H and O–H groups in total. The number of carbonyl (C=O) groups is 2. The second-order valence-corrected chi connectivity index (χ2v) is 8.25. The first-order valence-corrected chi connectivity index (χ1v) is 10.9. The summed E-state index contributed by atoms with van der Waals surface area (Å²) < 4.78 is 11.6. The van der Waals surface area contributed by atoms with Gasteiger partial charge >= 0.3 is 6.09 Å². The Labute approximate surface area is 185 Å². The lowest BCUT2D eigenvalue weighted by atomic mass is 9.81. The monoisotopic (exact) mass is 435 g/mol. The summed E-state index contributed by atoms with van der Waals surface area (Å²) in [7, 11) is 0. The number of amides is 2. The zero-order valence-electron chi connectivity index (χ0n) is 17.8. The average molecular weight is 435 g/mol. The highest BCUT2D eigenvalue weighted by atomic mass is 16.6. The van der Waals surface area contributed by atoms with Gasteiger partial charge in [-0.15, -0.1) is 0 Å². The van der Waals surface area contributed by atoms with E-state index in [1.54, 1.807) is 36.5 Å². The molecule has 2 aromatic heterocycles. The van der Waals surface area contributed by atoms with Gasteiger partial charge in [0, 0.05) is 55.7 Å². The third kappa shape index (κ3) is 3.63. The minimum absolute atomic E-state index is 0.180. The summed E-state index contributed by atoms with van der Waals surface area (Å²) in [4.78, 5) is 31.3. The number of H-pyrrole nitrogens is 1. The van der Waals surface area contributed by atoms with Crippen LogP contribution < -0.4 is 10.1 Å². The van der Waals surface area contributed by atoms with Gasteiger partial charge in [0.05, 0.1) is 29.9 Å². The number of aromatic nitrogens is 3. The summed E-state index contributed by atoms with van der Waals surface area (Å²) in [5, 5.41) is 11.0. The molecule has 0 radical (unpaired) electrons. The summed E-state index contributed by atoms with van der Waals surface area (Å²) in [6.07, 6.45) is 6.78. The fourth-order valence-corrected chi connectivity index (χ4v) is 4.65. The van der Waals surface area contributed by atoms with Crippen LogP contribution in [0.3, 0.4) is 0 Å². The van der Waals surface area contributed by atoms with E-state index in [0.29, 0.717) is 50.0 Å². The minimum atomic E-state index is -0.463. The number of ether oxygens (including phenoxy) is 2. The molecule has 1 unspecified atom stereocenters. The van der Waals surface area contributed by atoms with E-state index in [4.69, 9.17) is 9.47 Å². The molecule has 1 atom stereocenters. The van der Waals surface area contributed by atoms with E-state index in [1.807, 2.05) is 18.2 Å². The lowest BCUT2D eigenvalue weighted by molar-refractivity contribution is -0.0234. The molecule has 3 aromatic rings. The quantitative estimate of drug-likeness (QED) is 0.654. The Morgan fingerprint density at radius 2 is 2.12 bits per heavy atom. The van der Waals surface area contributed by atoms with Crippen LogP contribution in [0.4, 0.5) is 4.79 Å². The Balaban J connectivity index is 1.38. The van der Waals surface area contributed by atoms with Crippen molar-refractivity contribution in [2.75, 3.05) is 19.7 Å². The molecule has 2 aliphatic rings. The van der Waals surface area contributed by atoms with Gasteiger partial charge in [0.1, 0.15) is 11.4 Å². The van der Waals surface area contributed by atoms with Gasteiger partial charge in [-0.05, 0) is 19.1 Å². The number of benzene rings is 1. The highest BCUT2D eigenvalue weighted by Crippen LogP contribution is 2.44. The molecule has 166 valence electrons. The molecule has 0 saturated carbocycles. The molecule has 0 bridgehead atoms. The summed E-state index contributed by atoms with van der Waals surface area (Å²) in [5.41, 5.74) is 1.65. The van der Waals surface area contributed by atoms with Gasteiger partial charge in [-0.1, -0.05) is 12.1 Å². The molecule has 9 nitrogen and oxygen atoms in total. The van der Waals surface area contributed by atoms with Crippen LogP contribution in [0.15, 0.2) is 42.9 Å². The van der Waals surface area contributed by atoms with Gasteiger partial charge < -0.3 is 19.7 Å². The number of rotatable bonds is 3. The largest absolute Gasteiger partial charge is 0.487 e. The van der Waals surface area contributed by atoms with Crippen molar-refractivity contribution in [1.82, 2.24) is 25.4 Å². The Morgan fingerprint density at radius 1 is 1.28 bits per heavy atom. The minimum Gasteiger partial charge on any atom is -0.487 e. The van der Waals surface area contributed by atoms with Crippen molar-refractivity contribution in [1.29, 1.82) is 0 Å². The standard InChI is InChI=1S/C23H25N5O4/c1-2-31-22(30)28-10-7-23(8-11-28)12-18(17-14-24-9-6-19(17)32-23)26-21(29)16-5-3-4-15-13-25-27-20(15)16/h3-6,9,13-14,18H,2,7-8,10-12H2,1H3,(H,25,27)(H,26,29). The van der Waals surface area contributed by atoms with E-state index in [2.05, 4.69) is 20.5 Å². The second-order valence-electron chi connectivity index (χ2n) is 8.25. The van der Waals surface area contributed by atoms with Crippen LogP contribution in [0.1, 0.15) is 48.1 Å². The molecular weight excluding hydrogens is 410 g/mol. The first kappa shape index (κ1) is 20.3. The van der Waals surface area contributed by atoms with E-state index in [0.717, 1.165) is 16.7 Å². The molecule has 2 aliphatic heterocycles. The third-order valence-corrected chi connectivity index (χ3v) is 6.32. The Bertz CT molecular complexity index is 1150. The Morgan fingerprint density at radius 3 is 2.94 bits per heavy atom. The summed E-state index contributed by atoms with van der Waals surface area (Å²) in [6.45, 7) is 3.25. The summed E-state index contributed by atoms with van der Waals surface area (Å²) in [5.74, 6) is 0.543. The van der Waals surface area contributed by atoms with Crippen molar-refractivity contribution in [2.45, 2.75) is 37.8 Å². The highest BCUT2D eigenvalue weighted by Gasteiger charge is 2.44. The number of piperidine rings is 1. The third-order valence-electron chi connectivity index (χ3n) is 6.32. The lowest BCUT2D eigenvalue weighted by Crippen LogP contribution is -2.53. The van der Waals surface area contributed by atoms with Gasteiger partial charge in [0.15, 0.2) is 0 Å². The first-order chi connectivity index (χ1) is 15.6. The SMILES string of the molecule is CCOC(=O)N1CCC2(CC1)CC(NC(=O)c1cccc3cn[nH]c13)c1cnccc1O2. The van der Waals surface area contributed by atoms with Gasteiger partial charge in [-0.2, -0.15) is 5.10 Å². The number of para-hydroxylation sites is 1. The molecule has 9 heteroatoms. The Kier molecular flexibility index (Phi) is 5.16. The average Bonchev–Trinajstić information content (AvgIpc) is 3.28. The van der Waals surface area contributed by atoms with Crippen molar-refractivity contribution >= 4 is 22.9 Å². The van der Waals surface area contributed by atoms with Crippen LogP contribution in [0.5, 0.6) is 5.75 Å². The molecular formula is C23H25N5O4. The predicted molar refractivity (Wildman–Crippen MR) is 116 cm³/mol. The Hall–Kier alpha value is -3.62. The smallest absolute Gasteiger partial charge is 0.409 e. The molecule has 5 rings (SSSR count). The lowest BCUT2D eigenvalue weighted by Gasteiger charge is -2.46. The molecule has 1 saturated heterocycles. The fraction of sp³-hybridized carbons (Fsp3) is 0.391. The van der Waals surface area contributed by atoms with Gasteiger partial charge in [-0.3, -0.25) is 14.9 Å². The van der Waals surface area contributed by atoms with E-state index in [1.165, 1.54) is 0 Å². The molecule has 4 heterocycles. The number of nitrogens with zero attached hydrogens (tertiary/aromatic N) is 3. The number of likely N-dealkylation sites (tertiary alicyclic amines) is 1. The van der Waals surface area contributed by atoms with Crippen molar-refractivity contribution in [2.24, 2.45) is 0 Å². The summed E-state index contributed by atoms with van der Waals surface area (Å²) >= 11 is 0. The predicted octanol–water partition coefficient (Wildman–Crippen LogP) is 3.20. The van der Waals surface area contributed by atoms with Crippen LogP contribution in [0, 0.1) is 0 Å². The molecule has 1 spiro atoms. The zero-order chi connectivity index (χ0) is 22.1. The fourth-order valence-electron chi connectivity index (χ4n) is 4.65. The van der Waals surface area contributed by atoms with Gasteiger partial charge in [0.25, 0.3) is 5.91 Å². The van der Waals surface area contributed by atoms with E-state index < -0.39 is 5.60 Å². The van der Waals surface area contributed by atoms with E-state index in [-0.39, 0.29) is 18.0 Å². The van der Waals surface area contributed by atoms with Crippen molar-refractivity contribution < 1.29 is 19.1 Å². The molecule has 1 aromatic carbocycles. The van der Waals surface area contributed by atoms with Crippen LogP contribution in [0.2, 0.25) is 0 Å². The van der Waals surface area contributed by atoms with Crippen LogP contribution >= 0.6 is 0 Å². The molecule has 0 aliphatic carbocycles. The van der Waals surface area contributed by atoms with Crippen molar-refractivity contribution in [3.63, 3.8) is 0 Å². The second kappa shape index (κ2) is 8.14. The number of nitrogens with one attached hydrogen (secondary N) is 2. The van der Waals surface area contributed by atoms with E-state index in [9.17, 15) is 9.59 Å². The van der Waals surface area contributed by atoms with Gasteiger partial charge in [-0.25, -0.2) is 4.79 Å². The first-order valence-electron chi connectivity index (χ1n) is 10.9. The van der Waals surface area contributed by atoms with E-state index >= 15 is 0 Å². The number of carbonyl (C=O) groups excluding carboxylic acids is 2. The molecule has 32 heavy (non-hydrogen) atoms. The van der Waals surface area contributed by atoms with Crippen molar-refractivity contribution in [3.8, 4) is 5.75 Å². The van der Waals surface area contributed by atoms with Crippen LogP contribution in [-0.4, -0.2) is 57.4 Å².